The number of rotatable bonds is 7. The fourth-order valence-corrected chi connectivity index (χ4v) is 5.91. The molecule has 0 bridgehead atoms. The van der Waals surface area contributed by atoms with Gasteiger partial charge in [-0.2, -0.15) is 0 Å². The van der Waals surface area contributed by atoms with Crippen molar-refractivity contribution in [2.75, 3.05) is 11.4 Å². The monoisotopic (exact) mass is 447 g/mol. The molecule has 8 heteroatoms. The quantitative estimate of drug-likeness (QED) is 0.672. The summed E-state index contributed by atoms with van der Waals surface area (Å²) in [4.78, 5) is 26.8. The molecular weight excluding hydrogens is 414 g/mol. The second kappa shape index (κ2) is 8.90. The molecule has 1 aromatic carbocycles. The molecule has 1 aromatic rings. The summed E-state index contributed by atoms with van der Waals surface area (Å²) < 4.78 is 28.0. The molecule has 170 valence electrons. The fourth-order valence-electron chi connectivity index (χ4n) is 4.83. The lowest BCUT2D eigenvalue weighted by molar-refractivity contribution is -0.122. The van der Waals surface area contributed by atoms with E-state index in [1.807, 2.05) is 11.8 Å². The number of sulfonamides is 1. The smallest absolute Gasteiger partial charge is 0.240 e. The van der Waals surface area contributed by atoms with Gasteiger partial charge >= 0.3 is 0 Å². The molecule has 0 aromatic heterocycles. The third-order valence-electron chi connectivity index (χ3n) is 6.84. The van der Waals surface area contributed by atoms with Crippen LogP contribution < -0.4 is 14.9 Å². The number of benzene rings is 1. The summed E-state index contributed by atoms with van der Waals surface area (Å²) in [6.07, 6.45) is 7.11. The van der Waals surface area contributed by atoms with E-state index in [0.29, 0.717) is 12.3 Å². The van der Waals surface area contributed by atoms with Crippen molar-refractivity contribution in [3.63, 3.8) is 0 Å². The van der Waals surface area contributed by atoms with Gasteiger partial charge in [-0.1, -0.05) is 19.8 Å². The zero-order valence-corrected chi connectivity index (χ0v) is 19.2. The molecule has 2 fully saturated rings. The first-order valence-corrected chi connectivity index (χ1v) is 13.0. The molecule has 0 saturated heterocycles. The van der Waals surface area contributed by atoms with Crippen molar-refractivity contribution in [2.24, 2.45) is 11.8 Å². The van der Waals surface area contributed by atoms with Crippen LogP contribution in [0.1, 0.15) is 64.4 Å². The molecule has 31 heavy (non-hydrogen) atoms. The molecule has 3 atom stereocenters. The van der Waals surface area contributed by atoms with Gasteiger partial charge in [0, 0.05) is 36.7 Å². The van der Waals surface area contributed by atoms with Crippen LogP contribution in [0, 0.1) is 11.8 Å². The summed E-state index contributed by atoms with van der Waals surface area (Å²) >= 11 is 0. The van der Waals surface area contributed by atoms with Gasteiger partial charge in [-0.15, -0.1) is 0 Å². The topological polar surface area (TPSA) is 95.6 Å². The summed E-state index contributed by atoms with van der Waals surface area (Å²) in [6.45, 7) is 4.22. The first-order valence-electron chi connectivity index (χ1n) is 11.5. The summed E-state index contributed by atoms with van der Waals surface area (Å²) in [7, 11) is -3.71. The Bertz CT molecular complexity index is 958. The fraction of sp³-hybridized carbons (Fsp3) is 0.652. The standard InChI is InChI=1S/C23H33N3O4S/c1-15-5-3-4-6-20(15)25-22(27)11-12-24-31(29,30)19-9-10-21-18(14-19)13-16(2)26(21)23(28)17-7-8-17/h9-10,14-17,20,24H,3-8,11-13H2,1-2H3,(H,25,27)/t15-,16+,20+/m1/s1. The Morgan fingerprint density at radius 2 is 1.84 bits per heavy atom. The molecule has 0 unspecified atom stereocenters. The largest absolute Gasteiger partial charge is 0.353 e. The minimum Gasteiger partial charge on any atom is -0.353 e. The van der Waals surface area contributed by atoms with Gasteiger partial charge < -0.3 is 10.2 Å². The van der Waals surface area contributed by atoms with Crippen LogP contribution in [0.4, 0.5) is 5.69 Å². The van der Waals surface area contributed by atoms with Crippen LogP contribution in [-0.2, 0) is 26.0 Å². The molecule has 2 aliphatic carbocycles. The Morgan fingerprint density at radius 1 is 1.10 bits per heavy atom. The van der Waals surface area contributed by atoms with E-state index in [1.54, 1.807) is 18.2 Å². The number of hydrogen-bond acceptors (Lipinski definition) is 4. The van der Waals surface area contributed by atoms with Crippen LogP contribution >= 0.6 is 0 Å². The van der Waals surface area contributed by atoms with Gasteiger partial charge in [-0.3, -0.25) is 9.59 Å². The Balaban J connectivity index is 1.34. The minimum absolute atomic E-state index is 0.0416. The van der Waals surface area contributed by atoms with Crippen LogP contribution in [0.15, 0.2) is 23.1 Å². The van der Waals surface area contributed by atoms with Crippen molar-refractivity contribution in [3.8, 4) is 0 Å². The first-order chi connectivity index (χ1) is 14.8. The number of nitrogens with zero attached hydrogens (tertiary/aromatic N) is 1. The van der Waals surface area contributed by atoms with E-state index in [0.717, 1.165) is 43.4 Å². The molecule has 2 amide bonds. The zero-order valence-electron chi connectivity index (χ0n) is 18.4. The highest BCUT2D eigenvalue weighted by atomic mass is 32.2. The van der Waals surface area contributed by atoms with Crippen molar-refractivity contribution < 1.29 is 18.0 Å². The average molecular weight is 448 g/mol. The van der Waals surface area contributed by atoms with Crippen molar-refractivity contribution in [3.05, 3.63) is 23.8 Å². The first kappa shape index (κ1) is 22.3. The zero-order chi connectivity index (χ0) is 22.2. The van der Waals surface area contributed by atoms with E-state index in [9.17, 15) is 18.0 Å². The average Bonchev–Trinajstić information content (AvgIpc) is 3.51. The Hall–Kier alpha value is -1.93. The van der Waals surface area contributed by atoms with Crippen LogP contribution in [-0.4, -0.2) is 38.9 Å². The molecule has 2 saturated carbocycles. The van der Waals surface area contributed by atoms with Gasteiger partial charge in [-0.05, 0) is 68.7 Å². The van der Waals surface area contributed by atoms with Gasteiger partial charge in [0.1, 0.15) is 0 Å². The van der Waals surface area contributed by atoms with Gasteiger partial charge in [0.25, 0.3) is 0 Å². The Kier molecular flexibility index (Phi) is 6.40. The van der Waals surface area contributed by atoms with Crippen molar-refractivity contribution in [1.29, 1.82) is 0 Å². The van der Waals surface area contributed by atoms with Crippen molar-refractivity contribution in [1.82, 2.24) is 10.0 Å². The van der Waals surface area contributed by atoms with Crippen molar-refractivity contribution in [2.45, 2.75) is 82.2 Å². The van der Waals surface area contributed by atoms with Crippen LogP contribution in [0.2, 0.25) is 0 Å². The summed E-state index contributed by atoms with van der Waals surface area (Å²) in [5.41, 5.74) is 1.71. The number of amides is 2. The highest BCUT2D eigenvalue weighted by Gasteiger charge is 2.39. The molecule has 7 nitrogen and oxygen atoms in total. The van der Waals surface area contributed by atoms with Gasteiger partial charge in [0.05, 0.1) is 4.90 Å². The highest BCUT2D eigenvalue weighted by Crippen LogP contribution is 2.39. The van der Waals surface area contributed by atoms with E-state index < -0.39 is 10.0 Å². The lowest BCUT2D eigenvalue weighted by atomic mass is 9.86. The van der Waals surface area contributed by atoms with E-state index in [1.165, 1.54) is 6.42 Å². The third kappa shape index (κ3) is 4.95. The SMILES string of the molecule is C[C@@H]1CCCC[C@@H]1NC(=O)CCNS(=O)(=O)c1ccc2c(c1)C[C@H](C)N2C(=O)C1CC1. The number of carbonyl (C=O) groups excluding carboxylic acids is 2. The van der Waals surface area contributed by atoms with E-state index in [-0.39, 0.29) is 47.7 Å². The maximum atomic E-state index is 12.7. The maximum absolute atomic E-state index is 12.7. The highest BCUT2D eigenvalue weighted by molar-refractivity contribution is 7.89. The third-order valence-corrected chi connectivity index (χ3v) is 8.30. The molecule has 1 heterocycles. The summed E-state index contributed by atoms with van der Waals surface area (Å²) in [5, 5.41) is 3.05. The number of carbonyl (C=O) groups is 2. The number of anilines is 1. The number of hydrogen-bond donors (Lipinski definition) is 2. The molecular formula is C23H33N3O4S. The van der Waals surface area contributed by atoms with Gasteiger partial charge in [0.2, 0.25) is 21.8 Å². The van der Waals surface area contributed by atoms with Crippen LogP contribution in [0.3, 0.4) is 0 Å². The maximum Gasteiger partial charge on any atom is 0.240 e. The normalized spacial score (nSPS) is 25.9. The molecule has 4 rings (SSSR count). The molecule has 2 N–H and O–H groups in total. The lowest BCUT2D eigenvalue weighted by Gasteiger charge is -2.29. The van der Waals surface area contributed by atoms with Gasteiger partial charge in [0.15, 0.2) is 0 Å². The summed E-state index contributed by atoms with van der Waals surface area (Å²) in [5.74, 6) is 0.632. The second-order valence-corrected chi connectivity index (χ2v) is 11.2. The van der Waals surface area contributed by atoms with E-state index in [4.69, 9.17) is 0 Å². The molecule has 3 aliphatic rings. The molecule has 1 aliphatic heterocycles. The lowest BCUT2D eigenvalue weighted by Crippen LogP contribution is -2.42. The van der Waals surface area contributed by atoms with E-state index >= 15 is 0 Å². The predicted molar refractivity (Wildman–Crippen MR) is 119 cm³/mol. The van der Waals surface area contributed by atoms with E-state index in [2.05, 4.69) is 17.0 Å². The minimum atomic E-state index is -3.71. The predicted octanol–water partition coefficient (Wildman–Crippen LogP) is 2.74. The Morgan fingerprint density at radius 3 is 2.55 bits per heavy atom. The molecule has 0 radical (unpaired) electrons. The Labute approximate surface area is 185 Å². The van der Waals surface area contributed by atoms with Crippen LogP contribution in [0.25, 0.3) is 0 Å². The second-order valence-electron chi connectivity index (χ2n) is 9.41. The number of fused-ring (bicyclic) bond motifs is 1. The van der Waals surface area contributed by atoms with Crippen LogP contribution in [0.5, 0.6) is 0 Å². The summed E-state index contributed by atoms with van der Waals surface area (Å²) in [6, 6.07) is 5.19. The van der Waals surface area contributed by atoms with Crippen molar-refractivity contribution >= 4 is 27.5 Å². The number of nitrogens with one attached hydrogen (secondary N) is 2. The van der Waals surface area contributed by atoms with Gasteiger partial charge in [-0.25, -0.2) is 13.1 Å². The molecule has 0 spiro atoms.